The number of aromatic nitrogens is 2. The smallest absolute Gasteiger partial charge is 0.269 e. The van der Waals surface area contributed by atoms with E-state index in [9.17, 15) is 9.59 Å². The second-order valence-corrected chi connectivity index (χ2v) is 5.55. The largest absolute Gasteiger partial charge is 0.344 e. The van der Waals surface area contributed by atoms with E-state index >= 15 is 0 Å². The minimum absolute atomic E-state index is 0.0131. The number of aryl methyl sites for hydroxylation is 2. The van der Waals surface area contributed by atoms with Gasteiger partial charge in [-0.05, 0) is 19.4 Å². The first-order valence-corrected chi connectivity index (χ1v) is 6.67. The lowest BCUT2D eigenvalue weighted by molar-refractivity contribution is -0.125. The molecule has 0 aromatic carbocycles. The highest BCUT2D eigenvalue weighted by atomic mass is 16.2. The number of carbonyl (C=O) groups excluding carboxylic acids is 2. The number of Topliss-reactive ketones (excluding diaryl/α,β-unsaturated/α-hetero) is 1. The van der Waals surface area contributed by atoms with Gasteiger partial charge in [0.1, 0.15) is 5.69 Å². The summed E-state index contributed by atoms with van der Waals surface area (Å²) in [7, 11) is 0. The Morgan fingerprint density at radius 1 is 1.32 bits per heavy atom. The van der Waals surface area contributed by atoms with E-state index < -0.39 is 5.41 Å². The Labute approximate surface area is 114 Å². The average Bonchev–Trinajstić information content (AvgIpc) is 2.77. The second-order valence-electron chi connectivity index (χ2n) is 5.55. The van der Waals surface area contributed by atoms with E-state index in [1.54, 1.807) is 10.7 Å². The Bertz CT molecular complexity index is 470. The molecule has 1 rings (SSSR count). The number of carbonyl (C=O) groups is 2. The lowest BCUT2D eigenvalue weighted by Crippen LogP contribution is -2.36. The predicted octanol–water partition coefficient (Wildman–Crippen LogP) is 1.81. The van der Waals surface area contributed by atoms with Gasteiger partial charge in [-0.25, -0.2) is 0 Å². The van der Waals surface area contributed by atoms with Gasteiger partial charge in [-0.2, -0.15) is 5.10 Å². The Hall–Kier alpha value is -1.65. The fraction of sp³-hybridized carbons (Fsp3) is 0.643. The minimum Gasteiger partial charge on any atom is -0.344 e. The van der Waals surface area contributed by atoms with Crippen LogP contribution >= 0.6 is 0 Å². The molecule has 1 N–H and O–H groups in total. The Balaban J connectivity index is 2.73. The highest BCUT2D eigenvalue weighted by Crippen LogP contribution is 2.13. The summed E-state index contributed by atoms with van der Waals surface area (Å²) in [6.45, 7) is 10.1. The van der Waals surface area contributed by atoms with E-state index in [1.165, 1.54) is 0 Å². The molecule has 1 heterocycles. The van der Waals surface area contributed by atoms with E-state index in [-0.39, 0.29) is 18.2 Å². The fourth-order valence-electron chi connectivity index (χ4n) is 1.58. The Morgan fingerprint density at radius 3 is 2.42 bits per heavy atom. The van der Waals surface area contributed by atoms with Crippen molar-refractivity contribution in [3.05, 3.63) is 17.5 Å². The maximum absolute atomic E-state index is 12.1. The van der Waals surface area contributed by atoms with Crippen molar-refractivity contribution < 1.29 is 9.59 Å². The number of nitrogens with zero attached hydrogens (tertiary/aromatic N) is 2. The topological polar surface area (TPSA) is 64.0 Å². The number of amides is 1. The van der Waals surface area contributed by atoms with Crippen molar-refractivity contribution >= 4 is 11.7 Å². The molecule has 1 amide bonds. The molecule has 0 saturated carbocycles. The molecule has 0 bridgehead atoms. The van der Waals surface area contributed by atoms with Crippen LogP contribution in [0.4, 0.5) is 0 Å². The standard InChI is InChI=1S/C14H23N3O2/c1-6-10-8-11(17(7-2)16-10)13(19)15-9-12(18)14(3,4)5/h8H,6-7,9H2,1-5H3,(H,15,19). The molecule has 0 aliphatic carbocycles. The molecule has 0 radical (unpaired) electrons. The summed E-state index contributed by atoms with van der Waals surface area (Å²) in [5.74, 6) is -0.231. The van der Waals surface area contributed by atoms with Crippen LogP contribution in [-0.4, -0.2) is 28.0 Å². The molecule has 0 atom stereocenters. The van der Waals surface area contributed by atoms with Crippen LogP contribution in [0.15, 0.2) is 6.07 Å². The third-order valence-electron chi connectivity index (χ3n) is 2.97. The van der Waals surface area contributed by atoms with Crippen LogP contribution in [0.3, 0.4) is 0 Å². The number of hydrogen-bond donors (Lipinski definition) is 1. The van der Waals surface area contributed by atoms with Crippen LogP contribution in [0.1, 0.15) is 50.8 Å². The summed E-state index contributed by atoms with van der Waals surface area (Å²) in [6.07, 6.45) is 0.786. The van der Waals surface area contributed by atoms with E-state index in [4.69, 9.17) is 0 Å². The minimum atomic E-state index is -0.438. The first-order valence-electron chi connectivity index (χ1n) is 6.67. The number of rotatable bonds is 5. The van der Waals surface area contributed by atoms with Crippen molar-refractivity contribution in [2.24, 2.45) is 5.41 Å². The van der Waals surface area contributed by atoms with Gasteiger partial charge in [0, 0.05) is 12.0 Å². The number of ketones is 1. The molecule has 5 heteroatoms. The highest BCUT2D eigenvalue weighted by molar-refractivity contribution is 5.96. The second kappa shape index (κ2) is 5.99. The lowest BCUT2D eigenvalue weighted by Gasteiger charge is -2.16. The van der Waals surface area contributed by atoms with Crippen molar-refractivity contribution in [1.82, 2.24) is 15.1 Å². The SMILES string of the molecule is CCc1cc(C(=O)NCC(=O)C(C)(C)C)n(CC)n1. The maximum Gasteiger partial charge on any atom is 0.269 e. The summed E-state index contributed by atoms with van der Waals surface area (Å²) < 4.78 is 1.66. The van der Waals surface area contributed by atoms with Crippen molar-refractivity contribution in [1.29, 1.82) is 0 Å². The molecule has 0 spiro atoms. The first-order chi connectivity index (χ1) is 8.79. The number of nitrogens with one attached hydrogen (secondary N) is 1. The Kier molecular flexibility index (Phi) is 4.86. The van der Waals surface area contributed by atoms with Crippen LogP contribution in [0.25, 0.3) is 0 Å². The molecule has 0 aliphatic rings. The van der Waals surface area contributed by atoms with Gasteiger partial charge in [-0.3, -0.25) is 14.3 Å². The van der Waals surface area contributed by atoms with Gasteiger partial charge < -0.3 is 5.32 Å². The van der Waals surface area contributed by atoms with Crippen LogP contribution in [0.2, 0.25) is 0 Å². The van der Waals surface area contributed by atoms with Crippen LogP contribution in [0.5, 0.6) is 0 Å². The Morgan fingerprint density at radius 2 is 1.95 bits per heavy atom. The van der Waals surface area contributed by atoms with Crippen molar-refractivity contribution in [2.45, 2.75) is 47.6 Å². The monoisotopic (exact) mass is 265 g/mol. The van der Waals surface area contributed by atoms with Gasteiger partial charge >= 0.3 is 0 Å². The molecule has 19 heavy (non-hydrogen) atoms. The molecule has 0 unspecified atom stereocenters. The zero-order valence-electron chi connectivity index (χ0n) is 12.4. The zero-order chi connectivity index (χ0) is 14.6. The quantitative estimate of drug-likeness (QED) is 0.883. The van der Waals surface area contributed by atoms with E-state index in [1.807, 2.05) is 34.6 Å². The van der Waals surface area contributed by atoms with Crippen LogP contribution in [-0.2, 0) is 17.8 Å². The van der Waals surface area contributed by atoms with Gasteiger partial charge in [-0.15, -0.1) is 0 Å². The van der Waals surface area contributed by atoms with Crippen molar-refractivity contribution in [3.63, 3.8) is 0 Å². The summed E-state index contributed by atoms with van der Waals surface area (Å²) in [6, 6.07) is 1.78. The maximum atomic E-state index is 12.1. The first kappa shape index (κ1) is 15.4. The van der Waals surface area contributed by atoms with E-state index in [0.717, 1.165) is 12.1 Å². The van der Waals surface area contributed by atoms with Gasteiger partial charge in [0.2, 0.25) is 0 Å². The third kappa shape index (κ3) is 3.91. The molecule has 106 valence electrons. The van der Waals surface area contributed by atoms with Gasteiger partial charge in [0.25, 0.3) is 5.91 Å². The highest BCUT2D eigenvalue weighted by Gasteiger charge is 2.22. The molecular formula is C14H23N3O2. The summed E-state index contributed by atoms with van der Waals surface area (Å²) in [5, 5.41) is 6.98. The molecule has 1 aromatic rings. The van der Waals surface area contributed by atoms with Crippen LogP contribution < -0.4 is 5.32 Å². The molecular weight excluding hydrogens is 242 g/mol. The van der Waals surface area contributed by atoms with Crippen molar-refractivity contribution in [3.8, 4) is 0 Å². The number of hydrogen-bond acceptors (Lipinski definition) is 3. The molecule has 0 saturated heterocycles. The average molecular weight is 265 g/mol. The normalized spacial score (nSPS) is 11.4. The summed E-state index contributed by atoms with van der Waals surface area (Å²) in [5.41, 5.74) is 0.961. The van der Waals surface area contributed by atoms with Gasteiger partial charge in [0.15, 0.2) is 5.78 Å². The van der Waals surface area contributed by atoms with Gasteiger partial charge in [0.05, 0.1) is 12.2 Å². The molecule has 5 nitrogen and oxygen atoms in total. The molecule has 0 aliphatic heterocycles. The van der Waals surface area contributed by atoms with Crippen LogP contribution in [0, 0.1) is 5.41 Å². The summed E-state index contributed by atoms with van der Waals surface area (Å²) >= 11 is 0. The lowest BCUT2D eigenvalue weighted by atomic mass is 9.91. The van der Waals surface area contributed by atoms with E-state index in [0.29, 0.717) is 12.2 Å². The van der Waals surface area contributed by atoms with Crippen molar-refractivity contribution in [2.75, 3.05) is 6.54 Å². The summed E-state index contributed by atoms with van der Waals surface area (Å²) in [4.78, 5) is 23.8. The molecule has 0 fully saturated rings. The fourth-order valence-corrected chi connectivity index (χ4v) is 1.58. The van der Waals surface area contributed by atoms with E-state index in [2.05, 4.69) is 10.4 Å². The zero-order valence-corrected chi connectivity index (χ0v) is 12.4. The predicted molar refractivity (Wildman–Crippen MR) is 74.1 cm³/mol. The van der Waals surface area contributed by atoms with Gasteiger partial charge in [-0.1, -0.05) is 27.7 Å². The molecule has 1 aromatic heterocycles. The third-order valence-corrected chi connectivity index (χ3v) is 2.97.